The smallest absolute Gasteiger partial charge is 0.394 e. The zero-order valence-corrected chi connectivity index (χ0v) is 32.6. The lowest BCUT2D eigenvalue weighted by molar-refractivity contribution is -0.0626. The molecule has 4 aromatic heterocycles. The molecule has 29 heteroatoms. The quantitative estimate of drug-likeness (QED) is 0.0598. The molecule has 322 valence electrons. The largest absolute Gasteiger partial charge is 0.472 e. The van der Waals surface area contributed by atoms with Gasteiger partial charge in [-0.1, -0.05) is 0 Å². The summed E-state index contributed by atoms with van der Waals surface area (Å²) in [5.74, 6) is 0.0435. The number of nitrogens with zero attached hydrogens (tertiary/aromatic N) is 6. The molecular weight excluding hydrogens is 836 g/mol. The lowest BCUT2D eigenvalue weighted by atomic mass is 10.1. The van der Waals surface area contributed by atoms with E-state index in [1.54, 1.807) is 0 Å². The number of imidazole rings is 1. The van der Waals surface area contributed by atoms with Crippen molar-refractivity contribution in [1.29, 1.82) is 0 Å². The molecule has 0 radical (unpaired) electrons. The Kier molecular flexibility index (Phi) is 12.1. The molecule has 59 heavy (non-hydrogen) atoms. The summed E-state index contributed by atoms with van der Waals surface area (Å²) in [5.41, 5.74) is 3.35. The van der Waals surface area contributed by atoms with Crippen LogP contribution in [0.2, 0.25) is 0 Å². The van der Waals surface area contributed by atoms with Gasteiger partial charge in [0.25, 0.3) is 11.1 Å². The highest BCUT2D eigenvalue weighted by atomic mass is 31.2. The first kappa shape index (κ1) is 42.8. The molecule has 3 aliphatic heterocycles. The van der Waals surface area contributed by atoms with E-state index in [9.17, 15) is 53.4 Å². The number of aromatic nitrogens is 8. The highest BCUT2D eigenvalue weighted by molar-refractivity contribution is 7.47. The van der Waals surface area contributed by atoms with Crippen LogP contribution in [0.25, 0.3) is 11.2 Å². The highest BCUT2D eigenvalue weighted by Crippen LogP contribution is 2.52. The molecule has 0 spiro atoms. The summed E-state index contributed by atoms with van der Waals surface area (Å²) in [6.45, 7) is 0.431. The summed E-state index contributed by atoms with van der Waals surface area (Å²) in [6, 6.07) is 0. The lowest BCUT2D eigenvalue weighted by Gasteiger charge is -2.24. The minimum atomic E-state index is -5.17. The number of rotatable bonds is 14. The van der Waals surface area contributed by atoms with Gasteiger partial charge in [0.2, 0.25) is 0 Å². The second-order valence-electron chi connectivity index (χ2n) is 13.8. The fourth-order valence-corrected chi connectivity index (χ4v) is 8.69. The summed E-state index contributed by atoms with van der Waals surface area (Å²) in [4.78, 5) is 86.7. The number of nitrogen functional groups attached to an aromatic ring is 1. The van der Waals surface area contributed by atoms with Crippen molar-refractivity contribution in [1.82, 2.24) is 38.6 Å². The maximum absolute atomic E-state index is 13.3. The average molecular weight is 876 g/mol. The van der Waals surface area contributed by atoms with Gasteiger partial charge in [-0.25, -0.2) is 33.7 Å². The summed E-state index contributed by atoms with van der Waals surface area (Å²) in [5, 5.41) is 31.4. The highest BCUT2D eigenvalue weighted by Gasteiger charge is 2.48. The zero-order valence-electron chi connectivity index (χ0n) is 30.8. The molecule has 0 bridgehead atoms. The van der Waals surface area contributed by atoms with Crippen LogP contribution >= 0.6 is 15.6 Å². The van der Waals surface area contributed by atoms with Gasteiger partial charge in [0.15, 0.2) is 17.7 Å². The fraction of sp³-hybridized carbons (Fsp3) is 0.567. The van der Waals surface area contributed by atoms with Crippen molar-refractivity contribution < 1.29 is 66.5 Å². The maximum Gasteiger partial charge on any atom is 0.472 e. The normalized spacial score (nSPS) is 30.5. The Hall–Kier alpha value is -4.31. The Bertz CT molecular complexity index is 2540. The lowest BCUT2D eigenvalue weighted by Crippen LogP contribution is -2.34. The molecule has 27 nitrogen and oxygen atoms in total. The number of hydrogen-bond acceptors (Lipinski definition) is 20. The number of aliphatic hydroxyl groups is 3. The number of aromatic amines is 2. The fourth-order valence-electron chi connectivity index (χ4n) is 6.77. The molecule has 9 N–H and O–H groups in total. The first-order valence-electron chi connectivity index (χ1n) is 17.7. The van der Waals surface area contributed by atoms with Gasteiger partial charge in [0.05, 0.1) is 26.1 Å². The van der Waals surface area contributed by atoms with E-state index >= 15 is 0 Å². The van der Waals surface area contributed by atoms with E-state index in [2.05, 4.69) is 24.9 Å². The van der Waals surface area contributed by atoms with Gasteiger partial charge in [0.1, 0.15) is 67.0 Å². The second kappa shape index (κ2) is 16.6. The molecule has 3 fully saturated rings. The van der Waals surface area contributed by atoms with Gasteiger partial charge in [-0.05, 0) is 13.8 Å². The molecule has 2 unspecified atom stereocenters. The molecule has 3 saturated heterocycles. The minimum absolute atomic E-state index is 0.0435. The van der Waals surface area contributed by atoms with E-state index < -0.39 is 119 Å². The Morgan fingerprint density at radius 2 is 1.31 bits per heavy atom. The zero-order chi connectivity index (χ0) is 42.6. The first-order chi connectivity index (χ1) is 27.8. The molecule has 7 heterocycles. The summed E-state index contributed by atoms with van der Waals surface area (Å²) < 4.78 is 68.1. The van der Waals surface area contributed by atoms with E-state index in [1.807, 2.05) is 0 Å². The molecular formula is C30H39N9O18P2. The van der Waals surface area contributed by atoms with Gasteiger partial charge < -0.3 is 45.1 Å². The third kappa shape index (κ3) is 8.94. The number of fused-ring (bicyclic) bond motifs is 1. The van der Waals surface area contributed by atoms with E-state index in [0.29, 0.717) is 0 Å². The second-order valence-corrected chi connectivity index (χ2v) is 16.6. The number of H-pyrrole nitrogens is 2. The van der Waals surface area contributed by atoms with Gasteiger partial charge in [-0.2, -0.15) is 0 Å². The van der Waals surface area contributed by atoms with E-state index in [4.69, 9.17) is 38.0 Å². The predicted molar refractivity (Wildman–Crippen MR) is 193 cm³/mol. The molecule has 0 amide bonds. The predicted octanol–water partition coefficient (Wildman–Crippen LogP) is -2.68. The Morgan fingerprint density at radius 3 is 1.86 bits per heavy atom. The Morgan fingerprint density at radius 1 is 0.780 bits per heavy atom. The number of hydrogen-bond donors (Lipinski definition) is 8. The molecule has 4 aromatic rings. The van der Waals surface area contributed by atoms with Crippen LogP contribution in [0.3, 0.4) is 0 Å². The summed E-state index contributed by atoms with van der Waals surface area (Å²) in [7, 11) is -10.3. The van der Waals surface area contributed by atoms with Gasteiger partial charge in [-0.3, -0.25) is 51.4 Å². The van der Waals surface area contributed by atoms with Gasteiger partial charge in [0, 0.05) is 36.4 Å². The van der Waals surface area contributed by atoms with Crippen molar-refractivity contribution in [2.75, 3.05) is 25.6 Å². The average Bonchev–Trinajstić information content (AvgIpc) is 3.95. The van der Waals surface area contributed by atoms with Crippen molar-refractivity contribution in [2.45, 2.75) is 88.1 Å². The van der Waals surface area contributed by atoms with Crippen molar-refractivity contribution in [3.05, 3.63) is 77.9 Å². The number of nitrogens with two attached hydrogens (primary N) is 1. The molecule has 0 aliphatic carbocycles. The number of anilines is 1. The first-order valence-corrected chi connectivity index (χ1v) is 20.7. The van der Waals surface area contributed by atoms with Crippen LogP contribution in [0.4, 0.5) is 5.82 Å². The SMILES string of the molecule is Cc1cn([C@H]2C[C@H](OP(=O)(O)OC[C@H]3O[C@@H](n4cc(C)c(=O)[nH]c4=O)C[C@@H]3OP(=O)(O)OC[C@H]3O[C@@H](n4cnc5c(N)ncnc54)[C@H](O)[C@@H]3O)[C@@H](CO)O2)c(=O)[nH]c1=O. The van der Waals surface area contributed by atoms with Crippen molar-refractivity contribution in [2.24, 2.45) is 0 Å². The summed E-state index contributed by atoms with van der Waals surface area (Å²) >= 11 is 0. The topological polar surface area (TPSA) is 379 Å². The molecule has 12 atom stereocenters. The van der Waals surface area contributed by atoms with Crippen LogP contribution in [0.15, 0.2) is 44.2 Å². The van der Waals surface area contributed by atoms with Crippen LogP contribution in [0, 0.1) is 13.8 Å². The van der Waals surface area contributed by atoms with Crippen molar-refractivity contribution in [3.8, 4) is 0 Å². The summed E-state index contributed by atoms with van der Waals surface area (Å²) in [6.07, 6.45) is -9.82. The van der Waals surface area contributed by atoms with Crippen LogP contribution < -0.4 is 28.2 Å². The van der Waals surface area contributed by atoms with Crippen molar-refractivity contribution in [3.63, 3.8) is 0 Å². The molecule has 7 rings (SSSR count). The molecule has 3 aliphatic rings. The Balaban J connectivity index is 1.03. The number of phosphoric acid groups is 2. The van der Waals surface area contributed by atoms with E-state index in [1.165, 1.54) is 30.9 Å². The standard InChI is InChI=1S/C30H39N9O18P2/c1-12-5-37(29(45)35-26(12)43)19-3-14(16(7-40)53-19)56-58(47,48)51-8-17-15(4-20(54-17)38-6-13(2)27(44)36-30(38)46)57-59(49,50)52-9-18-22(41)23(42)28(55-18)39-11-34-21-24(31)32-10-33-25(21)39/h5-6,10-11,14-20,22-23,28,40-42H,3-4,7-9H2,1-2H3,(H,47,48)(H,49,50)(H2,31,32,33)(H,35,43,45)(H,36,44,46)/t14-,15-,16+,17+,18+,19+,20+,22+,23+,28+/m0/s1. The number of aliphatic hydroxyl groups excluding tert-OH is 3. The van der Waals surface area contributed by atoms with Gasteiger partial charge >= 0.3 is 27.0 Å². The van der Waals surface area contributed by atoms with E-state index in [-0.39, 0.29) is 41.0 Å². The maximum atomic E-state index is 13.3. The number of aryl methyl sites for hydroxylation is 2. The molecule has 0 saturated carbocycles. The Labute approximate surface area is 329 Å². The number of nitrogens with one attached hydrogen (secondary N) is 2. The number of ether oxygens (including phenoxy) is 3. The molecule has 0 aromatic carbocycles. The van der Waals surface area contributed by atoms with Crippen LogP contribution in [0.1, 0.15) is 42.7 Å². The van der Waals surface area contributed by atoms with Crippen molar-refractivity contribution >= 4 is 32.6 Å². The third-order valence-corrected chi connectivity index (χ3v) is 11.8. The van der Waals surface area contributed by atoms with Crippen LogP contribution in [-0.4, -0.2) is 126 Å². The van der Waals surface area contributed by atoms with Crippen LogP contribution in [-0.2, 0) is 41.4 Å². The monoisotopic (exact) mass is 875 g/mol. The van der Waals surface area contributed by atoms with Crippen LogP contribution in [0.5, 0.6) is 0 Å². The number of phosphoric ester groups is 2. The van der Waals surface area contributed by atoms with E-state index in [0.717, 1.165) is 21.7 Å². The third-order valence-electron chi connectivity index (χ3n) is 9.79. The minimum Gasteiger partial charge on any atom is -0.394 e. The van der Waals surface area contributed by atoms with Gasteiger partial charge in [-0.15, -0.1) is 0 Å².